The summed E-state index contributed by atoms with van der Waals surface area (Å²) in [4.78, 5) is 29.6. The molecule has 22 heteroatoms. The van der Waals surface area contributed by atoms with Gasteiger partial charge < -0.3 is 44.3 Å². The molecule has 0 saturated carbocycles. The summed E-state index contributed by atoms with van der Waals surface area (Å²) >= 11 is 13.9. The molecular weight excluding hydrogens is 1800 g/mol. The first-order valence-electron chi connectivity index (χ1n) is 46.0. The van der Waals surface area contributed by atoms with Crippen molar-refractivity contribution < 1.29 is 36.5 Å². The number of para-hydroxylation sites is 1. The molecule has 9 aliphatic rings. The molecule has 0 aromatic heterocycles. The van der Waals surface area contributed by atoms with E-state index in [1.165, 1.54) is 144 Å². The van der Waals surface area contributed by atoms with Gasteiger partial charge in [0.1, 0.15) is 52.5 Å². The van der Waals surface area contributed by atoms with Gasteiger partial charge in [-0.2, -0.15) is 18.4 Å². The van der Waals surface area contributed by atoms with E-state index in [0.717, 1.165) is 176 Å². The van der Waals surface area contributed by atoms with Gasteiger partial charge in [-0.25, -0.2) is 4.39 Å². The monoisotopic (exact) mass is 1900 g/mol. The molecule has 3 atom stereocenters. The van der Waals surface area contributed by atoms with Gasteiger partial charge in [0.2, 0.25) is 6.79 Å². The first-order chi connectivity index (χ1) is 64.2. The topological polar surface area (TPSA) is 156 Å². The van der Waals surface area contributed by atoms with Crippen molar-refractivity contribution in [2.75, 3.05) is 86.0 Å². The average molecular weight is 1910 g/mol. The van der Waals surface area contributed by atoms with Gasteiger partial charge in [0.05, 0.1) is 71.0 Å². The van der Waals surface area contributed by atoms with Crippen LogP contribution >= 0.6 is 43.5 Å². The maximum absolute atomic E-state index is 14.3. The van der Waals surface area contributed by atoms with E-state index < -0.39 is 18.6 Å². The highest BCUT2D eigenvalue weighted by Gasteiger charge is 2.46. The van der Waals surface area contributed by atoms with Crippen LogP contribution in [0.3, 0.4) is 0 Å². The van der Waals surface area contributed by atoms with Crippen molar-refractivity contribution in [1.29, 1.82) is 5.26 Å². The Labute approximate surface area is 787 Å². The van der Waals surface area contributed by atoms with Crippen LogP contribution in [0.1, 0.15) is 134 Å². The Hall–Kier alpha value is -11.8. The molecule has 0 amide bonds. The number of nitrogens with zero attached hydrogens (tertiary/aromatic N) is 9. The highest BCUT2D eigenvalue weighted by molar-refractivity contribution is 9.10. The van der Waals surface area contributed by atoms with E-state index in [0.29, 0.717) is 54.9 Å². The first-order valence-corrected chi connectivity index (χ1v) is 48.0. The summed E-state index contributed by atoms with van der Waals surface area (Å²) in [6.45, 7) is 9.04. The fourth-order valence-electron chi connectivity index (χ4n) is 19.6. The van der Waals surface area contributed by atoms with E-state index in [2.05, 4.69) is 213 Å². The number of fused-ring (bicyclic) bond motifs is 6. The van der Waals surface area contributed by atoms with E-state index in [1.807, 2.05) is 84.9 Å². The van der Waals surface area contributed by atoms with Crippen LogP contribution in [-0.2, 0) is 70.6 Å². The third-order valence-electron chi connectivity index (χ3n) is 26.1. The van der Waals surface area contributed by atoms with Crippen molar-refractivity contribution in [2.45, 2.75) is 140 Å². The lowest BCUT2D eigenvalue weighted by atomic mass is 9.95. The van der Waals surface area contributed by atoms with Gasteiger partial charge in [0.25, 0.3) is 0 Å². The molecule has 21 rings (SSSR count). The minimum absolute atomic E-state index is 0.166. The molecule has 12 aromatic rings. The second-order valence-electron chi connectivity index (χ2n) is 34.2. The Bertz CT molecular complexity index is 6280. The molecule has 672 valence electrons. The number of rotatable bonds is 23. The Morgan fingerprint density at radius 3 is 1.63 bits per heavy atom. The van der Waals surface area contributed by atoms with Crippen LogP contribution in [-0.4, -0.2) is 154 Å². The fourth-order valence-corrected chi connectivity index (χ4v) is 20.8. The van der Waals surface area contributed by atoms with E-state index in [9.17, 15) is 17.6 Å². The zero-order valence-electron chi connectivity index (χ0n) is 73.8. The van der Waals surface area contributed by atoms with Crippen LogP contribution in [0.2, 0.25) is 5.02 Å². The minimum atomic E-state index is -4.49. The molecule has 131 heavy (non-hydrogen) atoms. The van der Waals surface area contributed by atoms with Gasteiger partial charge in [0, 0.05) is 80.9 Å². The van der Waals surface area contributed by atoms with E-state index in [-0.39, 0.29) is 19.2 Å². The number of hydrogen-bond acceptors (Lipinski definition) is 15. The maximum atomic E-state index is 14.3. The number of hydrogen-bond donors (Lipinski definition) is 2. The van der Waals surface area contributed by atoms with Crippen molar-refractivity contribution in [1.82, 2.24) is 25.3 Å². The third-order valence-corrected chi connectivity index (χ3v) is 27.4. The minimum Gasteiger partial charge on any atom is -0.496 e. The molecule has 0 spiro atoms. The Balaban J connectivity index is 0.000000115. The molecule has 2 N–H and O–H groups in total. The van der Waals surface area contributed by atoms with E-state index in [1.54, 1.807) is 19.2 Å². The van der Waals surface area contributed by atoms with Crippen molar-refractivity contribution in [3.8, 4) is 29.1 Å². The standard InChI is InChI=1S/C25H25ClN2.C25H22F3N3.C22H25BrN2O.C19H19BrN2O.C18H17FN2O2/c26-24-13-6-12-23(25-27-17-20-10-3-4-16-28(20)25)22(24)15-14-19-9-5-8-18-7-1-2-11-21(18)19;26-25(27,28)23(14-15-29)31-17-16-30-24(31)22-11-4-2-7-20(22)13-12-19-9-5-8-18-6-1-3-10-21(18)19;1-26-21-12-11-18(23)14-17(21)10-9-16-6-2-3-8-20(16)22-24-15-19-7-4-5-13-25(19)22;20-16-11-14(18-15(12-16)7-10-23-18)6-5-13-3-1-2-4-17(13)19-21-8-9-22-19;19-15-5-2-4-14(18-20-9-10-21-18)13(15)8-7-12-3-1-6-16-17(12)23-11-22-16/h1-2,5-9,11-13,20H,3-4,10,14-17H2;1-11,23H,12-14,16-17H2;2-3,6,8,11-12,14,19H,4-5,7,9-10,13,15H2,1H3;1-4,11-12H,5-10H2,(H,21,22);1-6H,7-11H2,(H,20,21). The Morgan fingerprint density at radius 2 is 0.985 bits per heavy atom. The fraction of sp³-hybridized carbons (Fsp3) is 0.321. The predicted molar refractivity (Wildman–Crippen MR) is 527 cm³/mol. The van der Waals surface area contributed by atoms with E-state index in [4.69, 9.17) is 45.8 Å². The second kappa shape index (κ2) is 43.5. The molecule has 0 aliphatic carbocycles. The molecule has 15 nitrogen and oxygen atoms in total. The number of halogens is 7. The van der Waals surface area contributed by atoms with Crippen molar-refractivity contribution in [3.05, 3.63) is 351 Å². The van der Waals surface area contributed by atoms with Gasteiger partial charge in [-0.15, -0.1) is 0 Å². The van der Waals surface area contributed by atoms with Crippen molar-refractivity contribution in [2.24, 2.45) is 25.0 Å². The molecule has 2 saturated heterocycles. The van der Waals surface area contributed by atoms with Crippen LogP contribution in [0.5, 0.6) is 23.0 Å². The Kier molecular flexibility index (Phi) is 30.2. The molecule has 9 heterocycles. The number of amidine groups is 5. The van der Waals surface area contributed by atoms with Crippen LogP contribution in [0.4, 0.5) is 17.6 Å². The third kappa shape index (κ3) is 21.8. The predicted octanol–water partition coefficient (Wildman–Crippen LogP) is 22.5. The highest BCUT2D eigenvalue weighted by Crippen LogP contribution is 2.40. The van der Waals surface area contributed by atoms with Crippen molar-refractivity contribution >= 4 is 94.2 Å². The first kappa shape index (κ1) is 91.1. The molecule has 3 unspecified atom stereocenters. The second-order valence-corrected chi connectivity index (χ2v) is 36.4. The van der Waals surface area contributed by atoms with Gasteiger partial charge in [-0.05, 0) is 234 Å². The molecule has 0 radical (unpaired) electrons. The SMILES string of the molecule is Brc1cc2c(c(CCc3ccccc3C3=NCCN3)c1)OCC2.COc1ccc(Br)cc1CCc1ccccc1C1=NCC2CCCCN12.Clc1cccc(C2=NCC3CCCCN23)c1CCc1cccc2ccccc12.Fc1cccc(C2=NCCN2)c1CCc1cccc2c1OCO2.N#CCC(N1CCN=C1c1ccccc1CCc1cccc2ccccc12)C(F)(F)F. The number of nitriles is 1. The quantitative estimate of drug-likeness (QED) is 0.0591. The molecule has 2 fully saturated rings. The number of ether oxygens (including phenoxy) is 4. The van der Waals surface area contributed by atoms with Crippen LogP contribution in [0.25, 0.3) is 21.5 Å². The maximum Gasteiger partial charge on any atom is 0.409 e. The normalized spacial score (nSPS) is 16.9. The number of aryl methyl sites for hydroxylation is 8. The molecular formula is C109H108Br2ClF4N11O4. The zero-order valence-corrected chi connectivity index (χ0v) is 77.8. The van der Waals surface area contributed by atoms with Crippen LogP contribution in [0, 0.1) is 17.1 Å². The van der Waals surface area contributed by atoms with Crippen LogP contribution in [0.15, 0.2) is 277 Å². The van der Waals surface area contributed by atoms with Crippen LogP contribution < -0.4 is 29.6 Å². The van der Waals surface area contributed by atoms with Gasteiger partial charge in [-0.1, -0.05) is 238 Å². The lowest BCUT2D eigenvalue weighted by Gasteiger charge is -2.33. The summed E-state index contributed by atoms with van der Waals surface area (Å²) in [6, 6.07) is 83.3. The molecule has 9 aliphatic heterocycles. The summed E-state index contributed by atoms with van der Waals surface area (Å²) in [7, 11) is 1.74. The lowest BCUT2D eigenvalue weighted by molar-refractivity contribution is -0.171. The van der Waals surface area contributed by atoms with Gasteiger partial charge >= 0.3 is 6.18 Å². The smallest absolute Gasteiger partial charge is 0.409 e. The summed E-state index contributed by atoms with van der Waals surface area (Å²) in [5, 5.41) is 21.4. The Morgan fingerprint density at radius 1 is 0.473 bits per heavy atom. The zero-order chi connectivity index (χ0) is 90.0. The molecule has 12 aromatic carbocycles. The number of piperidine rings is 2. The summed E-state index contributed by atoms with van der Waals surface area (Å²) in [6.07, 6.45) is 12.2. The number of nitrogens with one attached hydrogen (secondary N) is 2. The lowest BCUT2D eigenvalue weighted by Crippen LogP contribution is -2.47. The number of methoxy groups -OCH3 is 1. The van der Waals surface area contributed by atoms with Gasteiger partial charge in [0.15, 0.2) is 11.5 Å². The average Bonchev–Trinajstić information content (AvgIpc) is 1.89. The number of alkyl halides is 3. The number of benzene rings is 12. The van der Waals surface area contributed by atoms with Gasteiger partial charge in [-0.3, -0.25) is 25.0 Å². The summed E-state index contributed by atoms with van der Waals surface area (Å²) in [5.41, 5.74) is 18.4. The highest BCUT2D eigenvalue weighted by atomic mass is 79.9. The van der Waals surface area contributed by atoms with E-state index >= 15 is 0 Å². The summed E-state index contributed by atoms with van der Waals surface area (Å²) < 4.78 is 79.7. The van der Waals surface area contributed by atoms with Crippen molar-refractivity contribution in [3.63, 3.8) is 0 Å². The molecule has 0 bridgehead atoms. The summed E-state index contributed by atoms with van der Waals surface area (Å²) in [5.74, 6) is 7.96. The number of aliphatic imine (C=N–C) groups is 5. The largest absolute Gasteiger partial charge is 0.496 e.